The zero-order valence-electron chi connectivity index (χ0n) is 14.8. The molecule has 4 amide bonds. The van der Waals surface area contributed by atoms with E-state index in [4.69, 9.17) is 0 Å². The second-order valence-electron chi connectivity index (χ2n) is 6.30. The Morgan fingerprint density at radius 2 is 1.81 bits per heavy atom. The number of hydrogen-bond donors (Lipinski definition) is 2. The van der Waals surface area contributed by atoms with Crippen molar-refractivity contribution >= 4 is 29.3 Å². The fourth-order valence-corrected chi connectivity index (χ4v) is 2.87. The molecule has 0 spiro atoms. The normalized spacial score (nSPS) is 16.2. The van der Waals surface area contributed by atoms with E-state index in [-0.39, 0.29) is 12.3 Å². The average molecular weight is 365 g/mol. The molecule has 3 rings (SSSR count). The third-order valence-electron chi connectivity index (χ3n) is 4.24. The van der Waals surface area contributed by atoms with Crippen LogP contribution in [0.5, 0.6) is 0 Å². The minimum atomic E-state index is -0.686. The summed E-state index contributed by atoms with van der Waals surface area (Å²) in [6.07, 6.45) is 0.365. The molecule has 1 heterocycles. The number of ketones is 1. The lowest BCUT2D eigenvalue weighted by Gasteiger charge is -2.13. The number of carbonyl (C=O) groups excluding carboxylic acids is 4. The number of rotatable bonds is 6. The minimum absolute atomic E-state index is 0.121. The molecular formula is C20H19N3O4. The van der Waals surface area contributed by atoms with Crippen LogP contribution in [0.4, 0.5) is 10.5 Å². The molecular weight excluding hydrogens is 346 g/mol. The van der Waals surface area contributed by atoms with Crippen LogP contribution in [0.1, 0.15) is 22.8 Å². The molecule has 2 aromatic carbocycles. The molecule has 2 N–H and O–H groups in total. The standard InChI is InChI=1S/C20H19N3O4/c1-13(24)15-8-5-9-16(11-15)21-18(25)12-23-19(26)17(22-20(23)27)10-14-6-3-2-4-7-14/h2-9,11,17H,10,12H2,1H3,(H,21,25)(H,22,27). The predicted molar refractivity (Wildman–Crippen MR) is 99.3 cm³/mol. The number of anilines is 1. The average Bonchev–Trinajstić information content (AvgIpc) is 2.90. The molecule has 7 nitrogen and oxygen atoms in total. The zero-order chi connectivity index (χ0) is 19.4. The Hall–Kier alpha value is -3.48. The lowest BCUT2D eigenvalue weighted by molar-refractivity contribution is -0.130. The van der Waals surface area contributed by atoms with Crippen LogP contribution in [0, 0.1) is 0 Å². The number of imide groups is 1. The van der Waals surface area contributed by atoms with Gasteiger partial charge in [-0.3, -0.25) is 19.3 Å². The highest BCUT2D eigenvalue weighted by Gasteiger charge is 2.38. The molecule has 27 heavy (non-hydrogen) atoms. The van der Waals surface area contributed by atoms with Crippen molar-refractivity contribution in [2.24, 2.45) is 0 Å². The van der Waals surface area contributed by atoms with Crippen LogP contribution in [0.15, 0.2) is 54.6 Å². The van der Waals surface area contributed by atoms with Gasteiger partial charge >= 0.3 is 6.03 Å². The molecule has 2 aromatic rings. The Morgan fingerprint density at radius 3 is 2.52 bits per heavy atom. The summed E-state index contributed by atoms with van der Waals surface area (Å²) in [6.45, 7) is 1.04. The molecule has 1 aliphatic rings. The van der Waals surface area contributed by atoms with Crippen LogP contribution < -0.4 is 10.6 Å². The van der Waals surface area contributed by atoms with Gasteiger partial charge in [0.1, 0.15) is 12.6 Å². The Kier molecular flexibility index (Phi) is 5.30. The molecule has 0 aliphatic carbocycles. The monoisotopic (exact) mass is 365 g/mol. The van der Waals surface area contributed by atoms with Crippen molar-refractivity contribution in [2.75, 3.05) is 11.9 Å². The summed E-state index contributed by atoms with van der Waals surface area (Å²) in [7, 11) is 0. The highest BCUT2D eigenvalue weighted by atomic mass is 16.2. The van der Waals surface area contributed by atoms with E-state index in [1.165, 1.54) is 6.92 Å². The molecule has 1 unspecified atom stereocenters. The van der Waals surface area contributed by atoms with E-state index < -0.39 is 23.9 Å². The third kappa shape index (κ3) is 4.38. The molecule has 1 saturated heterocycles. The summed E-state index contributed by atoms with van der Waals surface area (Å²) < 4.78 is 0. The van der Waals surface area contributed by atoms with Crippen molar-refractivity contribution < 1.29 is 19.2 Å². The van der Waals surface area contributed by atoms with Gasteiger partial charge in [0.2, 0.25) is 5.91 Å². The first-order valence-corrected chi connectivity index (χ1v) is 8.50. The lowest BCUT2D eigenvalue weighted by atomic mass is 10.1. The van der Waals surface area contributed by atoms with Crippen LogP contribution in [-0.4, -0.2) is 41.1 Å². The van der Waals surface area contributed by atoms with E-state index >= 15 is 0 Å². The Bertz CT molecular complexity index is 895. The van der Waals surface area contributed by atoms with Gasteiger partial charge in [0.15, 0.2) is 5.78 Å². The van der Waals surface area contributed by atoms with Gasteiger partial charge < -0.3 is 10.6 Å². The largest absolute Gasteiger partial charge is 0.325 e. The smallest absolute Gasteiger partial charge is 0.325 e. The van der Waals surface area contributed by atoms with Crippen molar-refractivity contribution in [3.05, 3.63) is 65.7 Å². The van der Waals surface area contributed by atoms with Gasteiger partial charge in [-0.1, -0.05) is 42.5 Å². The molecule has 0 aromatic heterocycles. The first kappa shape index (κ1) is 18.3. The molecule has 0 bridgehead atoms. The topological polar surface area (TPSA) is 95.6 Å². The first-order chi connectivity index (χ1) is 12.9. The van der Waals surface area contributed by atoms with E-state index in [1.54, 1.807) is 24.3 Å². The number of amides is 4. The Labute approximate surface area is 156 Å². The van der Waals surface area contributed by atoms with Crippen molar-refractivity contribution in [3.63, 3.8) is 0 Å². The molecule has 138 valence electrons. The fraction of sp³-hybridized carbons (Fsp3) is 0.200. The van der Waals surface area contributed by atoms with Crippen LogP contribution in [0.3, 0.4) is 0 Å². The van der Waals surface area contributed by atoms with E-state index in [9.17, 15) is 19.2 Å². The van der Waals surface area contributed by atoms with E-state index in [0.29, 0.717) is 17.7 Å². The molecule has 0 radical (unpaired) electrons. The zero-order valence-corrected chi connectivity index (χ0v) is 14.8. The maximum Gasteiger partial charge on any atom is 0.325 e. The number of nitrogens with one attached hydrogen (secondary N) is 2. The highest BCUT2D eigenvalue weighted by molar-refractivity contribution is 6.08. The van der Waals surface area contributed by atoms with Crippen LogP contribution in [0.2, 0.25) is 0 Å². The van der Waals surface area contributed by atoms with Gasteiger partial charge in [-0.05, 0) is 24.6 Å². The van der Waals surface area contributed by atoms with Gasteiger partial charge in [0.05, 0.1) is 0 Å². The summed E-state index contributed by atoms with van der Waals surface area (Å²) in [5, 5.41) is 5.21. The number of hydrogen-bond acceptors (Lipinski definition) is 4. The number of benzene rings is 2. The van der Waals surface area contributed by atoms with E-state index in [1.807, 2.05) is 30.3 Å². The number of urea groups is 1. The van der Waals surface area contributed by atoms with Gasteiger partial charge in [0.25, 0.3) is 5.91 Å². The van der Waals surface area contributed by atoms with Crippen LogP contribution in [0.25, 0.3) is 0 Å². The first-order valence-electron chi connectivity index (χ1n) is 8.50. The second-order valence-corrected chi connectivity index (χ2v) is 6.30. The second kappa shape index (κ2) is 7.82. The molecule has 0 saturated carbocycles. The quantitative estimate of drug-likeness (QED) is 0.604. The summed E-state index contributed by atoms with van der Waals surface area (Å²) in [6, 6.07) is 14.5. The minimum Gasteiger partial charge on any atom is -0.325 e. The van der Waals surface area contributed by atoms with Gasteiger partial charge in [0, 0.05) is 17.7 Å². The predicted octanol–water partition coefficient (Wildman–Crippen LogP) is 1.99. The van der Waals surface area contributed by atoms with Gasteiger partial charge in [-0.15, -0.1) is 0 Å². The molecule has 1 fully saturated rings. The van der Waals surface area contributed by atoms with Gasteiger partial charge in [-0.25, -0.2) is 4.79 Å². The van der Waals surface area contributed by atoms with Crippen molar-refractivity contribution in [1.29, 1.82) is 0 Å². The third-order valence-corrected chi connectivity index (χ3v) is 4.24. The number of Topliss-reactive ketones (excluding diaryl/α,β-unsaturated/α-hetero) is 1. The van der Waals surface area contributed by atoms with Crippen LogP contribution >= 0.6 is 0 Å². The van der Waals surface area contributed by atoms with E-state index in [2.05, 4.69) is 10.6 Å². The van der Waals surface area contributed by atoms with Gasteiger partial charge in [-0.2, -0.15) is 0 Å². The maximum absolute atomic E-state index is 12.5. The summed E-state index contributed by atoms with van der Waals surface area (Å²) in [4.78, 5) is 49.1. The van der Waals surface area contributed by atoms with E-state index in [0.717, 1.165) is 10.5 Å². The number of nitrogens with zero attached hydrogens (tertiary/aromatic N) is 1. The molecule has 1 aliphatic heterocycles. The van der Waals surface area contributed by atoms with Crippen molar-refractivity contribution in [2.45, 2.75) is 19.4 Å². The van der Waals surface area contributed by atoms with Crippen molar-refractivity contribution in [3.8, 4) is 0 Å². The molecule has 1 atom stereocenters. The Morgan fingerprint density at radius 1 is 1.07 bits per heavy atom. The lowest BCUT2D eigenvalue weighted by Crippen LogP contribution is -2.38. The number of carbonyl (C=O) groups is 4. The summed E-state index contributed by atoms with van der Waals surface area (Å²) >= 11 is 0. The molecule has 7 heteroatoms. The maximum atomic E-state index is 12.5. The highest BCUT2D eigenvalue weighted by Crippen LogP contribution is 2.14. The summed E-state index contributed by atoms with van der Waals surface area (Å²) in [5.41, 5.74) is 1.81. The van der Waals surface area contributed by atoms with Crippen LogP contribution in [-0.2, 0) is 16.0 Å². The Balaban J connectivity index is 1.62. The summed E-state index contributed by atoms with van der Waals surface area (Å²) in [5.74, 6) is -1.07. The van der Waals surface area contributed by atoms with Crippen molar-refractivity contribution in [1.82, 2.24) is 10.2 Å². The SMILES string of the molecule is CC(=O)c1cccc(NC(=O)CN2C(=O)NC(Cc3ccccc3)C2=O)c1. The fourth-order valence-electron chi connectivity index (χ4n) is 2.87.